The predicted molar refractivity (Wildman–Crippen MR) is 75.7 cm³/mol. The maximum absolute atomic E-state index is 2.47. The fourth-order valence-corrected chi connectivity index (χ4v) is 2.57. The summed E-state index contributed by atoms with van der Waals surface area (Å²) < 4.78 is 0. The van der Waals surface area contributed by atoms with Gasteiger partial charge in [-0.05, 0) is 30.1 Å². The largest absolute Gasteiger partial charge is 0.0651 e. The first kappa shape index (κ1) is 16.0. The van der Waals surface area contributed by atoms with Crippen LogP contribution >= 0.6 is 0 Å². The van der Waals surface area contributed by atoms with Gasteiger partial charge in [-0.3, -0.25) is 0 Å². The summed E-state index contributed by atoms with van der Waals surface area (Å²) >= 11 is 0. The summed E-state index contributed by atoms with van der Waals surface area (Å²) in [4.78, 5) is 0. The molecule has 0 aromatic carbocycles. The summed E-state index contributed by atoms with van der Waals surface area (Å²) in [5.74, 6) is 3.68. The van der Waals surface area contributed by atoms with Crippen LogP contribution in [0.2, 0.25) is 0 Å². The van der Waals surface area contributed by atoms with E-state index in [0.717, 1.165) is 23.7 Å². The van der Waals surface area contributed by atoms with Gasteiger partial charge in [0.15, 0.2) is 0 Å². The Labute approximate surface area is 104 Å². The molecule has 98 valence electrons. The second kappa shape index (κ2) is 9.07. The van der Waals surface area contributed by atoms with Gasteiger partial charge < -0.3 is 0 Å². The Balaban J connectivity index is 3.86. The van der Waals surface area contributed by atoms with Crippen molar-refractivity contribution in [3.63, 3.8) is 0 Å². The highest BCUT2D eigenvalue weighted by Crippen LogP contribution is 2.28. The van der Waals surface area contributed by atoms with Crippen LogP contribution in [0.25, 0.3) is 0 Å². The summed E-state index contributed by atoms with van der Waals surface area (Å²) in [6.45, 7) is 14.2. The van der Waals surface area contributed by atoms with Gasteiger partial charge in [0.05, 0.1) is 0 Å². The molecule has 0 aliphatic carbocycles. The summed E-state index contributed by atoms with van der Waals surface area (Å²) in [5.41, 5.74) is 0. The third-order valence-electron chi connectivity index (χ3n) is 4.17. The van der Waals surface area contributed by atoms with E-state index in [1.54, 1.807) is 0 Å². The molecule has 3 unspecified atom stereocenters. The number of hydrogen-bond acceptors (Lipinski definition) is 0. The molecule has 16 heavy (non-hydrogen) atoms. The van der Waals surface area contributed by atoms with E-state index in [2.05, 4.69) is 41.5 Å². The van der Waals surface area contributed by atoms with Crippen molar-refractivity contribution < 1.29 is 0 Å². The maximum Gasteiger partial charge on any atom is -0.0389 e. The molecular weight excluding hydrogens is 192 g/mol. The van der Waals surface area contributed by atoms with Gasteiger partial charge in [-0.1, -0.05) is 73.6 Å². The van der Waals surface area contributed by atoms with Crippen LogP contribution in [0.3, 0.4) is 0 Å². The van der Waals surface area contributed by atoms with E-state index in [1.165, 1.54) is 38.5 Å². The lowest BCUT2D eigenvalue weighted by atomic mass is 9.81. The molecule has 0 heterocycles. The highest BCUT2D eigenvalue weighted by Gasteiger charge is 2.17. The normalized spacial score (nSPS) is 17.4. The fourth-order valence-electron chi connectivity index (χ4n) is 2.57. The van der Waals surface area contributed by atoms with Gasteiger partial charge in [-0.15, -0.1) is 0 Å². The lowest BCUT2D eigenvalue weighted by Crippen LogP contribution is -2.14. The molecule has 0 rings (SSSR count). The Bertz CT molecular complexity index is 148. The molecule has 3 atom stereocenters. The van der Waals surface area contributed by atoms with Crippen molar-refractivity contribution in [2.24, 2.45) is 23.7 Å². The zero-order chi connectivity index (χ0) is 12.6. The smallest absolute Gasteiger partial charge is 0.0389 e. The van der Waals surface area contributed by atoms with Crippen molar-refractivity contribution in [3.8, 4) is 0 Å². The molecule has 0 aliphatic rings. The summed E-state index contributed by atoms with van der Waals surface area (Å²) in [7, 11) is 0. The Morgan fingerprint density at radius 3 is 1.88 bits per heavy atom. The molecule has 0 radical (unpaired) electrons. The molecule has 0 nitrogen and oxygen atoms in total. The van der Waals surface area contributed by atoms with Crippen LogP contribution in [0, 0.1) is 23.7 Å². The Morgan fingerprint density at radius 2 is 1.44 bits per heavy atom. The minimum absolute atomic E-state index is 0.877. The molecule has 0 N–H and O–H groups in total. The number of hydrogen-bond donors (Lipinski definition) is 0. The van der Waals surface area contributed by atoms with E-state index in [-0.39, 0.29) is 0 Å². The summed E-state index contributed by atoms with van der Waals surface area (Å²) in [5, 5.41) is 0. The maximum atomic E-state index is 2.47. The van der Waals surface area contributed by atoms with E-state index < -0.39 is 0 Å². The van der Waals surface area contributed by atoms with E-state index >= 15 is 0 Å². The molecule has 0 saturated heterocycles. The van der Waals surface area contributed by atoms with E-state index in [0.29, 0.717) is 0 Å². The highest BCUT2D eigenvalue weighted by atomic mass is 14.2. The molecule has 0 saturated carbocycles. The van der Waals surface area contributed by atoms with Gasteiger partial charge in [-0.2, -0.15) is 0 Å². The SMILES string of the molecule is CCC(C)CC(CC)C(C)CCCC(C)C. The minimum Gasteiger partial charge on any atom is -0.0651 e. The predicted octanol–water partition coefficient (Wildman–Crippen LogP) is 5.91. The first-order valence-electron chi connectivity index (χ1n) is 7.51. The second-order valence-electron chi connectivity index (χ2n) is 6.22. The van der Waals surface area contributed by atoms with Gasteiger partial charge in [0, 0.05) is 0 Å². The van der Waals surface area contributed by atoms with Crippen LogP contribution in [0.1, 0.15) is 80.1 Å². The van der Waals surface area contributed by atoms with Crippen LogP contribution in [-0.4, -0.2) is 0 Å². The van der Waals surface area contributed by atoms with E-state index in [4.69, 9.17) is 0 Å². The molecule has 0 bridgehead atoms. The van der Waals surface area contributed by atoms with Crippen molar-refractivity contribution in [2.75, 3.05) is 0 Å². The molecule has 0 aliphatic heterocycles. The lowest BCUT2D eigenvalue weighted by molar-refractivity contribution is 0.259. The molecule has 0 spiro atoms. The first-order valence-corrected chi connectivity index (χ1v) is 7.51. The van der Waals surface area contributed by atoms with Crippen LogP contribution in [0.15, 0.2) is 0 Å². The third-order valence-corrected chi connectivity index (χ3v) is 4.17. The zero-order valence-electron chi connectivity index (χ0n) is 12.6. The summed E-state index contributed by atoms with van der Waals surface area (Å²) in [6, 6.07) is 0. The molecular formula is C16H34. The minimum atomic E-state index is 0.877. The average molecular weight is 226 g/mol. The van der Waals surface area contributed by atoms with Gasteiger partial charge in [-0.25, -0.2) is 0 Å². The van der Waals surface area contributed by atoms with Crippen LogP contribution < -0.4 is 0 Å². The van der Waals surface area contributed by atoms with Crippen LogP contribution in [-0.2, 0) is 0 Å². The highest BCUT2D eigenvalue weighted by molar-refractivity contribution is 4.68. The Morgan fingerprint density at radius 1 is 0.812 bits per heavy atom. The first-order chi connectivity index (χ1) is 7.51. The van der Waals surface area contributed by atoms with Crippen molar-refractivity contribution in [1.29, 1.82) is 0 Å². The van der Waals surface area contributed by atoms with Crippen LogP contribution in [0.5, 0.6) is 0 Å². The van der Waals surface area contributed by atoms with E-state index in [9.17, 15) is 0 Å². The quantitative estimate of drug-likeness (QED) is 0.458. The average Bonchev–Trinajstić information content (AvgIpc) is 2.24. The number of rotatable bonds is 9. The van der Waals surface area contributed by atoms with E-state index in [1.807, 2.05) is 0 Å². The van der Waals surface area contributed by atoms with Gasteiger partial charge in [0.2, 0.25) is 0 Å². The molecule has 0 aromatic rings. The van der Waals surface area contributed by atoms with Gasteiger partial charge in [0.25, 0.3) is 0 Å². The van der Waals surface area contributed by atoms with Crippen molar-refractivity contribution in [1.82, 2.24) is 0 Å². The lowest BCUT2D eigenvalue weighted by Gasteiger charge is -2.25. The third kappa shape index (κ3) is 7.30. The zero-order valence-corrected chi connectivity index (χ0v) is 12.6. The molecule has 0 amide bonds. The summed E-state index contributed by atoms with van der Waals surface area (Å²) in [6.07, 6.45) is 8.42. The topological polar surface area (TPSA) is 0 Å². The monoisotopic (exact) mass is 226 g/mol. The Hall–Kier alpha value is 0. The van der Waals surface area contributed by atoms with Crippen molar-refractivity contribution in [3.05, 3.63) is 0 Å². The second-order valence-corrected chi connectivity index (χ2v) is 6.22. The fraction of sp³-hybridized carbons (Fsp3) is 1.00. The standard InChI is InChI=1S/C16H34/c1-7-14(5)12-16(8-2)15(6)11-9-10-13(3)4/h13-16H,7-12H2,1-6H3. The van der Waals surface area contributed by atoms with Crippen molar-refractivity contribution in [2.45, 2.75) is 80.1 Å². The van der Waals surface area contributed by atoms with Crippen LogP contribution in [0.4, 0.5) is 0 Å². The van der Waals surface area contributed by atoms with Crippen molar-refractivity contribution >= 4 is 0 Å². The molecule has 0 aromatic heterocycles. The van der Waals surface area contributed by atoms with Gasteiger partial charge >= 0.3 is 0 Å². The molecule has 0 fully saturated rings. The van der Waals surface area contributed by atoms with Gasteiger partial charge in [0.1, 0.15) is 0 Å². The molecule has 0 heteroatoms. The Kier molecular flexibility index (Phi) is 9.07.